The van der Waals surface area contributed by atoms with Crippen LogP contribution in [0.4, 0.5) is 13.2 Å². The molecular weight excluding hydrogens is 637 g/mol. The van der Waals surface area contributed by atoms with E-state index in [1.54, 1.807) is 48.5 Å². The lowest BCUT2D eigenvalue weighted by atomic mass is 9.91. The molecule has 0 bridgehead atoms. The molecule has 3 aromatic carbocycles. The van der Waals surface area contributed by atoms with E-state index in [9.17, 15) is 37.8 Å². The molecule has 0 radical (unpaired) electrons. The van der Waals surface area contributed by atoms with E-state index < -0.39 is 36.3 Å². The van der Waals surface area contributed by atoms with Crippen LogP contribution in [0.15, 0.2) is 77.7 Å². The normalized spacial score (nSPS) is 23.0. The number of nitrogens with zero attached hydrogens (tertiary/aromatic N) is 1. The molecule has 3 aromatic rings. The largest absolute Gasteiger partial charge is 0.478 e. The first-order valence-electron chi connectivity index (χ1n) is 15.2. The molecule has 9 nitrogen and oxygen atoms in total. The van der Waals surface area contributed by atoms with E-state index in [4.69, 9.17) is 9.47 Å². The van der Waals surface area contributed by atoms with Gasteiger partial charge in [0.2, 0.25) is 5.91 Å². The second-order valence-electron chi connectivity index (χ2n) is 11.5. The van der Waals surface area contributed by atoms with Crippen molar-refractivity contribution in [2.45, 2.75) is 68.5 Å². The summed E-state index contributed by atoms with van der Waals surface area (Å²) in [6.45, 7) is 1.85. The van der Waals surface area contributed by atoms with Gasteiger partial charge in [0.25, 0.3) is 0 Å². The predicted octanol–water partition coefficient (Wildman–Crippen LogP) is 5.63. The van der Waals surface area contributed by atoms with Gasteiger partial charge in [-0.1, -0.05) is 67.6 Å². The number of nitrogens with one attached hydrogen (secondary N) is 1. The van der Waals surface area contributed by atoms with Crippen LogP contribution < -0.4 is 5.32 Å². The highest BCUT2D eigenvalue weighted by atomic mass is 32.2. The second-order valence-corrected chi connectivity index (χ2v) is 12.6. The monoisotopic (exact) mass is 672 g/mol. The second kappa shape index (κ2) is 14.9. The smallest absolute Gasteiger partial charge is 0.471 e. The number of amides is 2. The zero-order valence-electron chi connectivity index (χ0n) is 25.5. The topological polar surface area (TPSA) is 125 Å². The molecule has 2 aliphatic heterocycles. The van der Waals surface area contributed by atoms with Crippen LogP contribution in [-0.2, 0) is 32.2 Å². The highest BCUT2D eigenvalue weighted by Crippen LogP contribution is 2.43. The van der Waals surface area contributed by atoms with E-state index >= 15 is 0 Å². The SMILES string of the molecule is C[C@H]1[C@@H](CSc2ccccc2C(=O)O)O[C@@H](c2ccc(CNC(=O)[C@@H]3CCCN3C(=O)C(F)(F)F)cc2)O[C@H]1c1ccc(CO)cc1. The van der Waals surface area contributed by atoms with Crippen molar-refractivity contribution in [2.24, 2.45) is 5.92 Å². The summed E-state index contributed by atoms with van der Waals surface area (Å²) in [4.78, 5) is 37.4. The summed E-state index contributed by atoms with van der Waals surface area (Å²) in [5.74, 6) is -3.33. The van der Waals surface area contributed by atoms with Gasteiger partial charge in [-0.05, 0) is 41.7 Å². The van der Waals surface area contributed by atoms with Gasteiger partial charge in [0.05, 0.1) is 24.4 Å². The quantitative estimate of drug-likeness (QED) is 0.237. The fourth-order valence-corrected chi connectivity index (χ4v) is 7.01. The number of carboxylic acids is 1. The third-order valence-electron chi connectivity index (χ3n) is 8.42. The third-order valence-corrected chi connectivity index (χ3v) is 9.58. The summed E-state index contributed by atoms with van der Waals surface area (Å²) >= 11 is 1.39. The number of aliphatic hydroxyl groups is 1. The molecule has 0 aliphatic carbocycles. The zero-order valence-corrected chi connectivity index (χ0v) is 26.3. The fraction of sp³-hybridized carbons (Fsp3) is 0.382. The van der Waals surface area contributed by atoms with E-state index in [1.807, 2.05) is 31.2 Å². The average molecular weight is 673 g/mol. The van der Waals surface area contributed by atoms with Crippen molar-refractivity contribution >= 4 is 29.5 Å². The van der Waals surface area contributed by atoms with Crippen LogP contribution in [0.25, 0.3) is 0 Å². The van der Waals surface area contributed by atoms with Crippen molar-refractivity contribution in [2.75, 3.05) is 12.3 Å². The molecule has 0 aromatic heterocycles. The van der Waals surface area contributed by atoms with Crippen LogP contribution in [0, 0.1) is 5.92 Å². The molecule has 5 atom stereocenters. The highest BCUT2D eigenvalue weighted by Gasteiger charge is 2.47. The number of carbonyl (C=O) groups is 3. The lowest BCUT2D eigenvalue weighted by Gasteiger charge is -2.41. The molecule has 2 amide bonds. The van der Waals surface area contributed by atoms with Crippen molar-refractivity contribution in [3.05, 3.63) is 101 Å². The molecule has 0 unspecified atom stereocenters. The zero-order chi connectivity index (χ0) is 33.7. The van der Waals surface area contributed by atoms with E-state index in [1.165, 1.54) is 11.8 Å². The Morgan fingerprint density at radius 2 is 1.62 bits per heavy atom. The van der Waals surface area contributed by atoms with Crippen molar-refractivity contribution < 1.29 is 47.2 Å². The van der Waals surface area contributed by atoms with Gasteiger partial charge in [0, 0.05) is 35.2 Å². The van der Waals surface area contributed by atoms with Crippen LogP contribution in [0.1, 0.15) is 64.8 Å². The van der Waals surface area contributed by atoms with Crippen molar-refractivity contribution in [3.63, 3.8) is 0 Å². The van der Waals surface area contributed by atoms with Crippen LogP contribution in [0.5, 0.6) is 0 Å². The molecule has 2 fully saturated rings. The average Bonchev–Trinajstić information content (AvgIpc) is 3.56. The molecule has 0 spiro atoms. The first kappa shape index (κ1) is 34.4. The number of hydrogen-bond acceptors (Lipinski definition) is 7. The first-order chi connectivity index (χ1) is 22.5. The number of ether oxygens (including phenoxy) is 2. The van der Waals surface area contributed by atoms with E-state index in [-0.39, 0.29) is 49.8 Å². The van der Waals surface area contributed by atoms with E-state index in [2.05, 4.69) is 5.32 Å². The lowest BCUT2D eigenvalue weighted by Crippen LogP contribution is -2.50. The number of likely N-dealkylation sites (tertiary alicyclic amines) is 1. The molecule has 5 rings (SSSR count). The van der Waals surface area contributed by atoms with Crippen molar-refractivity contribution in [1.82, 2.24) is 10.2 Å². The highest BCUT2D eigenvalue weighted by molar-refractivity contribution is 7.99. The Bertz CT molecular complexity index is 1570. The standard InChI is InChI=1S/C34H35F3N2O7S/c1-20-27(19-47-28-7-3-2-5-25(28)31(42)43)45-32(46-29(20)23-12-10-22(18-40)11-13-23)24-14-8-21(9-15-24)17-38-30(41)26-6-4-16-39(26)33(44)34(35,36)37/h2-3,5,7-15,20,26-27,29,32,40H,4,6,16-19H2,1H3,(H,38,41)(H,42,43)/t20-,26-,27+,29+,32+/m0/s1. The molecule has 3 N–H and O–H groups in total. The summed E-state index contributed by atoms with van der Waals surface area (Å²) in [6, 6.07) is 20.2. The summed E-state index contributed by atoms with van der Waals surface area (Å²) in [5, 5.41) is 21.8. The van der Waals surface area contributed by atoms with E-state index in [0.717, 1.165) is 11.1 Å². The Morgan fingerprint density at radius 1 is 0.957 bits per heavy atom. The minimum atomic E-state index is -5.04. The van der Waals surface area contributed by atoms with Gasteiger partial charge in [-0.25, -0.2) is 4.79 Å². The number of carbonyl (C=O) groups excluding carboxylic acids is 2. The minimum Gasteiger partial charge on any atom is -0.478 e. The Labute approximate surface area is 274 Å². The maximum Gasteiger partial charge on any atom is 0.471 e. The lowest BCUT2D eigenvalue weighted by molar-refractivity contribution is -0.268. The third kappa shape index (κ3) is 8.15. The summed E-state index contributed by atoms with van der Waals surface area (Å²) < 4.78 is 51.8. The maximum absolute atomic E-state index is 13.0. The van der Waals surface area contributed by atoms with E-state index in [0.29, 0.717) is 33.1 Å². The summed E-state index contributed by atoms with van der Waals surface area (Å²) in [5.41, 5.74) is 3.25. The van der Waals surface area contributed by atoms with Gasteiger partial charge in [-0.15, -0.1) is 11.8 Å². The molecule has 2 saturated heterocycles. The van der Waals surface area contributed by atoms with Gasteiger partial charge < -0.3 is 29.9 Å². The summed E-state index contributed by atoms with van der Waals surface area (Å²) in [7, 11) is 0. The Morgan fingerprint density at radius 3 is 2.28 bits per heavy atom. The molecule has 47 heavy (non-hydrogen) atoms. The minimum absolute atomic E-state index is 0.0508. The number of hydrogen-bond donors (Lipinski definition) is 3. The van der Waals surface area contributed by atoms with Crippen LogP contribution >= 0.6 is 11.8 Å². The van der Waals surface area contributed by atoms with Gasteiger partial charge >= 0.3 is 18.1 Å². The number of aliphatic hydroxyl groups excluding tert-OH is 1. The number of aromatic carboxylic acids is 1. The number of rotatable bonds is 10. The molecule has 2 heterocycles. The number of thioether (sulfide) groups is 1. The van der Waals surface area contributed by atoms with Gasteiger partial charge in [-0.3, -0.25) is 9.59 Å². The fourth-order valence-electron chi connectivity index (χ4n) is 5.80. The molecule has 13 heteroatoms. The first-order valence-corrected chi connectivity index (χ1v) is 16.1. The maximum atomic E-state index is 13.0. The Balaban J connectivity index is 1.29. The predicted molar refractivity (Wildman–Crippen MR) is 166 cm³/mol. The molecule has 2 aliphatic rings. The molecular formula is C34H35F3N2O7S. The van der Waals surface area contributed by atoms with Crippen LogP contribution in [0.3, 0.4) is 0 Å². The molecule has 0 saturated carbocycles. The number of halogens is 3. The number of alkyl halides is 3. The van der Waals surface area contributed by atoms with Gasteiger partial charge in [0.1, 0.15) is 6.04 Å². The number of benzene rings is 3. The van der Waals surface area contributed by atoms with Gasteiger partial charge in [0.15, 0.2) is 6.29 Å². The molecule has 250 valence electrons. The van der Waals surface area contributed by atoms with Crippen molar-refractivity contribution in [1.29, 1.82) is 0 Å². The van der Waals surface area contributed by atoms with Crippen LogP contribution in [0.2, 0.25) is 0 Å². The Kier molecular flexibility index (Phi) is 10.9. The van der Waals surface area contributed by atoms with Crippen molar-refractivity contribution in [3.8, 4) is 0 Å². The summed E-state index contributed by atoms with van der Waals surface area (Å²) in [6.07, 6.45) is -6.06. The number of carboxylic acid groups (broad SMARTS) is 1. The van der Waals surface area contributed by atoms with Gasteiger partial charge in [-0.2, -0.15) is 13.2 Å². The van der Waals surface area contributed by atoms with Crippen LogP contribution in [-0.4, -0.2) is 63.5 Å². The Hall–Kier alpha value is -3.91.